The molecule has 152 valence electrons. The van der Waals surface area contributed by atoms with Crippen LogP contribution in [-0.2, 0) is 26.8 Å². The van der Waals surface area contributed by atoms with Gasteiger partial charge in [-0.2, -0.15) is 0 Å². The van der Waals surface area contributed by atoms with Gasteiger partial charge in [-0.3, -0.25) is 4.79 Å². The molecule has 0 unspecified atom stereocenters. The van der Waals surface area contributed by atoms with Crippen molar-refractivity contribution in [2.75, 3.05) is 5.32 Å². The van der Waals surface area contributed by atoms with E-state index in [1.807, 2.05) is 30.3 Å². The summed E-state index contributed by atoms with van der Waals surface area (Å²) in [6.45, 7) is 8.08. The summed E-state index contributed by atoms with van der Waals surface area (Å²) in [7, 11) is -3.66. The number of carbonyl (C=O) groups is 1. The Morgan fingerprint density at radius 2 is 1.66 bits per heavy atom. The maximum absolute atomic E-state index is 12.8. The van der Waals surface area contributed by atoms with Gasteiger partial charge in [0, 0.05) is 24.5 Å². The van der Waals surface area contributed by atoms with Gasteiger partial charge >= 0.3 is 0 Å². The van der Waals surface area contributed by atoms with Gasteiger partial charge in [0.2, 0.25) is 15.9 Å². The van der Waals surface area contributed by atoms with E-state index in [1.54, 1.807) is 30.3 Å². The van der Waals surface area contributed by atoms with E-state index in [0.717, 1.165) is 16.3 Å². The smallest absolute Gasteiger partial charge is 0.240 e. The minimum absolute atomic E-state index is 0.0548. The molecule has 5 nitrogen and oxygen atoms in total. The van der Waals surface area contributed by atoms with Crippen LogP contribution in [0.25, 0.3) is 10.8 Å². The summed E-state index contributed by atoms with van der Waals surface area (Å²) in [5.74, 6) is -0.173. The van der Waals surface area contributed by atoms with Gasteiger partial charge in [-0.05, 0) is 40.1 Å². The molecule has 0 atom stereocenters. The summed E-state index contributed by atoms with van der Waals surface area (Å²) in [5, 5.41) is 4.30. The third-order valence-electron chi connectivity index (χ3n) is 4.76. The number of sulfonamides is 1. The Balaban J connectivity index is 1.80. The summed E-state index contributed by atoms with van der Waals surface area (Å²) in [6, 6.07) is 18.2. The molecule has 0 aromatic heterocycles. The van der Waals surface area contributed by atoms with Crippen molar-refractivity contribution in [2.24, 2.45) is 0 Å². The predicted molar refractivity (Wildman–Crippen MR) is 117 cm³/mol. The molecule has 3 rings (SSSR count). The lowest BCUT2D eigenvalue weighted by Crippen LogP contribution is -2.23. The number of hydrogen-bond acceptors (Lipinski definition) is 3. The molecule has 0 fully saturated rings. The molecule has 0 aliphatic rings. The SMILES string of the molecule is CC(=O)Nc1cccc2cc(S(=O)(=O)NCc3ccc(C(C)(C)C)cc3)ccc12. The van der Waals surface area contributed by atoms with E-state index in [2.05, 4.69) is 30.8 Å². The van der Waals surface area contributed by atoms with Crippen molar-refractivity contribution in [1.29, 1.82) is 0 Å². The molecule has 0 aliphatic heterocycles. The van der Waals surface area contributed by atoms with Crippen LogP contribution in [-0.4, -0.2) is 14.3 Å². The van der Waals surface area contributed by atoms with Gasteiger partial charge in [0.15, 0.2) is 0 Å². The molecule has 0 heterocycles. The fourth-order valence-electron chi connectivity index (χ4n) is 3.11. The molecule has 3 aromatic rings. The average Bonchev–Trinajstić information content (AvgIpc) is 2.65. The van der Waals surface area contributed by atoms with Crippen LogP contribution in [0.1, 0.15) is 38.8 Å². The Hall–Kier alpha value is -2.70. The zero-order chi connectivity index (χ0) is 21.2. The van der Waals surface area contributed by atoms with E-state index in [9.17, 15) is 13.2 Å². The molecule has 2 N–H and O–H groups in total. The van der Waals surface area contributed by atoms with Crippen molar-refractivity contribution in [3.8, 4) is 0 Å². The highest BCUT2D eigenvalue weighted by Gasteiger charge is 2.16. The minimum atomic E-state index is -3.66. The molecule has 6 heteroatoms. The van der Waals surface area contributed by atoms with Gasteiger partial charge in [-0.1, -0.05) is 63.2 Å². The number of amides is 1. The molecule has 0 spiro atoms. The summed E-state index contributed by atoms with van der Waals surface area (Å²) < 4.78 is 28.2. The van der Waals surface area contributed by atoms with Crippen LogP contribution in [0, 0.1) is 0 Å². The van der Waals surface area contributed by atoms with Crippen LogP contribution in [0.5, 0.6) is 0 Å². The third-order valence-corrected chi connectivity index (χ3v) is 6.16. The molecule has 3 aromatic carbocycles. The van der Waals surface area contributed by atoms with Crippen molar-refractivity contribution in [3.63, 3.8) is 0 Å². The van der Waals surface area contributed by atoms with Crippen molar-refractivity contribution in [3.05, 3.63) is 71.8 Å². The van der Waals surface area contributed by atoms with Crippen LogP contribution in [0.2, 0.25) is 0 Å². The Bertz CT molecular complexity index is 1140. The highest BCUT2D eigenvalue weighted by atomic mass is 32.2. The summed E-state index contributed by atoms with van der Waals surface area (Å²) in [4.78, 5) is 11.6. The highest BCUT2D eigenvalue weighted by molar-refractivity contribution is 7.89. The first-order chi connectivity index (χ1) is 13.6. The second-order valence-electron chi connectivity index (χ2n) is 8.14. The van der Waals surface area contributed by atoms with Crippen molar-refractivity contribution >= 4 is 32.4 Å². The van der Waals surface area contributed by atoms with Crippen LogP contribution in [0.3, 0.4) is 0 Å². The summed E-state index contributed by atoms with van der Waals surface area (Å²) >= 11 is 0. The zero-order valence-corrected chi connectivity index (χ0v) is 17.9. The number of anilines is 1. The molecule has 29 heavy (non-hydrogen) atoms. The van der Waals surface area contributed by atoms with Gasteiger partial charge in [0.1, 0.15) is 0 Å². The lowest BCUT2D eigenvalue weighted by Gasteiger charge is -2.19. The van der Waals surface area contributed by atoms with E-state index in [1.165, 1.54) is 12.5 Å². The number of carbonyl (C=O) groups excluding carboxylic acids is 1. The van der Waals surface area contributed by atoms with E-state index < -0.39 is 10.0 Å². The first kappa shape index (κ1) is 21.0. The number of benzene rings is 3. The standard InChI is InChI=1S/C23H26N2O3S/c1-16(26)25-22-7-5-6-18-14-20(12-13-21(18)22)29(27,28)24-15-17-8-10-19(11-9-17)23(2,3)4/h5-14,24H,15H2,1-4H3,(H,25,26). The van der Waals surface area contributed by atoms with Gasteiger partial charge in [-0.15, -0.1) is 0 Å². The molecule has 0 radical (unpaired) electrons. The number of hydrogen-bond donors (Lipinski definition) is 2. The lowest BCUT2D eigenvalue weighted by atomic mass is 9.87. The predicted octanol–water partition coefficient (Wildman–Crippen LogP) is 4.57. The normalized spacial score (nSPS) is 12.1. The van der Waals surface area contributed by atoms with E-state index in [-0.39, 0.29) is 22.8 Å². The van der Waals surface area contributed by atoms with Crippen molar-refractivity contribution < 1.29 is 13.2 Å². The first-order valence-corrected chi connectivity index (χ1v) is 10.9. The van der Waals surface area contributed by atoms with Crippen LogP contribution in [0.15, 0.2) is 65.6 Å². The maximum atomic E-state index is 12.8. The van der Waals surface area contributed by atoms with Crippen molar-refractivity contribution in [1.82, 2.24) is 4.72 Å². The van der Waals surface area contributed by atoms with E-state index in [0.29, 0.717) is 5.69 Å². The average molecular weight is 411 g/mol. The van der Waals surface area contributed by atoms with Crippen molar-refractivity contribution in [2.45, 2.75) is 44.6 Å². The van der Waals surface area contributed by atoms with Gasteiger partial charge < -0.3 is 5.32 Å². The van der Waals surface area contributed by atoms with Crippen LogP contribution in [0.4, 0.5) is 5.69 Å². The Morgan fingerprint density at radius 3 is 2.28 bits per heavy atom. The monoisotopic (exact) mass is 410 g/mol. The number of rotatable bonds is 5. The first-order valence-electron chi connectivity index (χ1n) is 9.46. The molecular weight excluding hydrogens is 384 g/mol. The third kappa shape index (κ3) is 5.02. The molecule has 1 amide bonds. The molecular formula is C23H26N2O3S. The molecule has 0 aliphatic carbocycles. The van der Waals surface area contributed by atoms with E-state index >= 15 is 0 Å². The van der Waals surface area contributed by atoms with Gasteiger partial charge in [0.05, 0.1) is 4.90 Å². The Labute approximate surface area is 172 Å². The fourth-order valence-corrected chi connectivity index (χ4v) is 4.16. The number of nitrogens with one attached hydrogen (secondary N) is 2. The van der Waals surface area contributed by atoms with Gasteiger partial charge in [0.25, 0.3) is 0 Å². The maximum Gasteiger partial charge on any atom is 0.240 e. The van der Waals surface area contributed by atoms with Crippen LogP contribution < -0.4 is 10.0 Å². The van der Waals surface area contributed by atoms with Crippen LogP contribution >= 0.6 is 0 Å². The molecule has 0 saturated heterocycles. The van der Waals surface area contributed by atoms with E-state index in [4.69, 9.17) is 0 Å². The largest absolute Gasteiger partial charge is 0.326 e. The summed E-state index contributed by atoms with van der Waals surface area (Å²) in [6.07, 6.45) is 0. The molecule has 0 bridgehead atoms. The molecule has 0 saturated carbocycles. The Morgan fingerprint density at radius 1 is 0.966 bits per heavy atom. The topological polar surface area (TPSA) is 75.3 Å². The quantitative estimate of drug-likeness (QED) is 0.647. The second kappa shape index (κ2) is 7.97. The number of fused-ring (bicyclic) bond motifs is 1. The highest BCUT2D eigenvalue weighted by Crippen LogP contribution is 2.26. The van der Waals surface area contributed by atoms with Gasteiger partial charge in [-0.25, -0.2) is 13.1 Å². The Kier molecular flexibility index (Phi) is 5.78. The minimum Gasteiger partial charge on any atom is -0.326 e. The lowest BCUT2D eigenvalue weighted by molar-refractivity contribution is -0.114. The zero-order valence-electron chi connectivity index (χ0n) is 17.1. The summed E-state index contributed by atoms with van der Waals surface area (Å²) in [5.41, 5.74) is 2.81. The fraction of sp³-hybridized carbons (Fsp3) is 0.261. The second-order valence-corrected chi connectivity index (χ2v) is 9.91.